The zero-order chi connectivity index (χ0) is 21.8. The Bertz CT molecular complexity index is 1120. The summed E-state index contributed by atoms with van der Waals surface area (Å²) in [4.78, 5) is 32.9. The van der Waals surface area contributed by atoms with Gasteiger partial charge in [-0.25, -0.2) is 4.98 Å². The number of hydrogen-bond acceptors (Lipinski definition) is 5. The van der Waals surface area contributed by atoms with Crippen molar-refractivity contribution in [3.8, 4) is 0 Å². The number of nitrogens with one attached hydrogen (secondary N) is 1. The second-order valence-corrected chi connectivity index (χ2v) is 10.5. The molecule has 2 heterocycles. The number of fused-ring (bicyclic) bond motifs is 3. The Morgan fingerprint density at radius 3 is 2.77 bits per heavy atom. The highest BCUT2D eigenvalue weighted by molar-refractivity contribution is 7.99. The van der Waals surface area contributed by atoms with Crippen molar-refractivity contribution in [2.24, 2.45) is 5.92 Å². The van der Waals surface area contributed by atoms with Crippen molar-refractivity contribution in [2.45, 2.75) is 64.2 Å². The minimum absolute atomic E-state index is 0.0518. The quantitative estimate of drug-likeness (QED) is 0.392. The molecule has 1 aliphatic carbocycles. The summed E-state index contributed by atoms with van der Waals surface area (Å²) < 4.78 is 1.80. The molecule has 2 aromatic heterocycles. The van der Waals surface area contributed by atoms with Gasteiger partial charge in [0.25, 0.3) is 5.56 Å². The molecule has 164 valence electrons. The van der Waals surface area contributed by atoms with Crippen LogP contribution in [-0.4, -0.2) is 21.2 Å². The molecule has 0 unspecified atom stereocenters. The molecule has 0 saturated heterocycles. The molecule has 3 aromatic rings. The number of carbonyl (C=O) groups is 1. The lowest BCUT2D eigenvalue weighted by molar-refractivity contribution is -0.118. The zero-order valence-electron chi connectivity index (χ0n) is 18.1. The number of thiophene rings is 1. The average molecular weight is 456 g/mol. The van der Waals surface area contributed by atoms with Gasteiger partial charge in [-0.1, -0.05) is 55.9 Å². The van der Waals surface area contributed by atoms with Crippen molar-refractivity contribution in [3.63, 3.8) is 0 Å². The molecule has 0 radical (unpaired) electrons. The first-order valence-corrected chi connectivity index (χ1v) is 12.8. The fourth-order valence-corrected chi connectivity index (χ4v) is 6.05. The highest BCUT2D eigenvalue weighted by Gasteiger charge is 2.22. The Kier molecular flexibility index (Phi) is 7.13. The first-order chi connectivity index (χ1) is 15.0. The molecule has 1 N–H and O–H groups in total. The van der Waals surface area contributed by atoms with Crippen LogP contribution in [0.5, 0.6) is 0 Å². The van der Waals surface area contributed by atoms with Gasteiger partial charge in [0.1, 0.15) is 4.83 Å². The van der Waals surface area contributed by atoms with Crippen LogP contribution in [0.4, 0.5) is 0 Å². The average Bonchev–Trinajstić information content (AvgIpc) is 3.15. The van der Waals surface area contributed by atoms with E-state index in [4.69, 9.17) is 4.98 Å². The van der Waals surface area contributed by atoms with E-state index in [1.165, 1.54) is 28.6 Å². The van der Waals surface area contributed by atoms with E-state index in [2.05, 4.69) is 19.2 Å². The maximum atomic E-state index is 13.5. The van der Waals surface area contributed by atoms with Crippen LogP contribution in [0.2, 0.25) is 0 Å². The Labute approximate surface area is 191 Å². The third-order valence-corrected chi connectivity index (χ3v) is 7.80. The normalized spacial score (nSPS) is 13.5. The molecule has 1 aliphatic rings. The third kappa shape index (κ3) is 5.21. The zero-order valence-corrected chi connectivity index (χ0v) is 19.8. The molecule has 0 fully saturated rings. The first-order valence-electron chi connectivity index (χ1n) is 11.0. The number of thioether (sulfide) groups is 1. The number of aryl methyl sites for hydroxylation is 2. The van der Waals surface area contributed by atoms with Gasteiger partial charge in [0.2, 0.25) is 5.91 Å². The number of rotatable bonds is 8. The second kappa shape index (κ2) is 10.0. The summed E-state index contributed by atoms with van der Waals surface area (Å²) in [6.07, 6.45) is 5.26. The van der Waals surface area contributed by atoms with Crippen molar-refractivity contribution in [1.82, 2.24) is 14.9 Å². The van der Waals surface area contributed by atoms with Crippen LogP contribution in [0.1, 0.15) is 49.1 Å². The fraction of sp³-hybridized carbons (Fsp3) is 0.458. The Hall–Kier alpha value is -2.12. The highest BCUT2D eigenvalue weighted by Crippen LogP contribution is 2.34. The molecule has 31 heavy (non-hydrogen) atoms. The van der Waals surface area contributed by atoms with E-state index in [9.17, 15) is 9.59 Å². The van der Waals surface area contributed by atoms with Crippen LogP contribution < -0.4 is 10.9 Å². The molecule has 0 saturated carbocycles. The van der Waals surface area contributed by atoms with Gasteiger partial charge >= 0.3 is 0 Å². The lowest BCUT2D eigenvalue weighted by atomic mass is 9.97. The fourth-order valence-electron chi connectivity index (χ4n) is 3.89. The van der Waals surface area contributed by atoms with Gasteiger partial charge < -0.3 is 5.32 Å². The monoisotopic (exact) mass is 455 g/mol. The van der Waals surface area contributed by atoms with Crippen molar-refractivity contribution in [3.05, 3.63) is 56.7 Å². The number of aromatic nitrogens is 2. The number of nitrogens with zero attached hydrogens (tertiary/aromatic N) is 2. The standard InChI is InChI=1S/C24H29N3O2S2/c1-16(2)12-13-27-23(29)21-18-10-6-7-11-19(18)31-22(21)26-24(27)30-15-20(28)25-14-17-8-4-3-5-9-17/h3-5,8-9,16H,6-7,10-15H2,1-2H3,(H,25,28). The van der Waals surface area contributed by atoms with Gasteiger partial charge in [0.15, 0.2) is 5.16 Å². The topological polar surface area (TPSA) is 64.0 Å². The molecule has 1 amide bonds. The van der Waals surface area contributed by atoms with Gasteiger partial charge in [-0.15, -0.1) is 11.3 Å². The van der Waals surface area contributed by atoms with Crippen LogP contribution in [0, 0.1) is 5.92 Å². The van der Waals surface area contributed by atoms with E-state index < -0.39 is 0 Å². The predicted octanol–water partition coefficient (Wildman–Crippen LogP) is 4.79. The molecule has 7 heteroatoms. The molecule has 0 bridgehead atoms. The number of carbonyl (C=O) groups excluding carboxylic acids is 1. The molecule has 5 nitrogen and oxygen atoms in total. The minimum Gasteiger partial charge on any atom is -0.351 e. The van der Waals surface area contributed by atoms with Gasteiger partial charge in [-0.3, -0.25) is 14.2 Å². The van der Waals surface area contributed by atoms with E-state index in [0.29, 0.717) is 24.2 Å². The first kappa shape index (κ1) is 22.1. The summed E-state index contributed by atoms with van der Waals surface area (Å²) >= 11 is 3.03. The van der Waals surface area contributed by atoms with Crippen LogP contribution in [0.3, 0.4) is 0 Å². The Morgan fingerprint density at radius 2 is 2.00 bits per heavy atom. The number of amides is 1. The second-order valence-electron chi connectivity index (χ2n) is 8.48. The Morgan fingerprint density at radius 1 is 1.23 bits per heavy atom. The molecule has 4 rings (SSSR count). The third-order valence-electron chi connectivity index (χ3n) is 5.63. The lowest BCUT2D eigenvalue weighted by Gasteiger charge is -2.14. The van der Waals surface area contributed by atoms with E-state index >= 15 is 0 Å². The van der Waals surface area contributed by atoms with Crippen LogP contribution in [-0.2, 0) is 30.7 Å². The summed E-state index contributed by atoms with van der Waals surface area (Å²) in [6.45, 7) is 5.46. The summed E-state index contributed by atoms with van der Waals surface area (Å²) in [6, 6.07) is 9.87. The van der Waals surface area contributed by atoms with Gasteiger partial charge in [-0.05, 0) is 49.1 Å². The molecule has 0 aliphatic heterocycles. The molecule has 1 aromatic carbocycles. The predicted molar refractivity (Wildman–Crippen MR) is 129 cm³/mol. The lowest BCUT2D eigenvalue weighted by Crippen LogP contribution is -2.27. The van der Waals surface area contributed by atoms with Gasteiger partial charge in [-0.2, -0.15) is 0 Å². The van der Waals surface area contributed by atoms with Crippen molar-refractivity contribution >= 4 is 39.2 Å². The van der Waals surface area contributed by atoms with Crippen LogP contribution >= 0.6 is 23.1 Å². The van der Waals surface area contributed by atoms with Crippen molar-refractivity contribution in [1.29, 1.82) is 0 Å². The van der Waals surface area contributed by atoms with E-state index in [-0.39, 0.29) is 17.2 Å². The van der Waals surface area contributed by atoms with Gasteiger partial charge in [0.05, 0.1) is 11.1 Å². The molecular weight excluding hydrogens is 426 g/mol. The van der Waals surface area contributed by atoms with Crippen molar-refractivity contribution < 1.29 is 4.79 Å². The number of hydrogen-bond donors (Lipinski definition) is 1. The maximum Gasteiger partial charge on any atom is 0.263 e. The minimum atomic E-state index is -0.0518. The molecule has 0 spiro atoms. The smallest absolute Gasteiger partial charge is 0.263 e. The van der Waals surface area contributed by atoms with E-state index in [0.717, 1.165) is 41.5 Å². The van der Waals surface area contributed by atoms with Crippen LogP contribution in [0.25, 0.3) is 10.2 Å². The van der Waals surface area contributed by atoms with Crippen LogP contribution in [0.15, 0.2) is 40.3 Å². The van der Waals surface area contributed by atoms with E-state index in [1.807, 2.05) is 30.3 Å². The largest absolute Gasteiger partial charge is 0.351 e. The summed E-state index contributed by atoms with van der Waals surface area (Å²) in [7, 11) is 0. The number of benzene rings is 1. The molecule has 0 atom stereocenters. The van der Waals surface area contributed by atoms with E-state index in [1.54, 1.807) is 15.9 Å². The SMILES string of the molecule is CC(C)CCn1c(SCC(=O)NCc2ccccc2)nc2sc3c(c2c1=O)CCCC3. The maximum absolute atomic E-state index is 13.5. The summed E-state index contributed by atoms with van der Waals surface area (Å²) in [5.74, 6) is 0.687. The molecular formula is C24H29N3O2S2. The highest BCUT2D eigenvalue weighted by atomic mass is 32.2. The summed E-state index contributed by atoms with van der Waals surface area (Å²) in [5.41, 5.74) is 2.36. The Balaban J connectivity index is 1.55. The van der Waals surface area contributed by atoms with Gasteiger partial charge in [0, 0.05) is 18.0 Å². The summed E-state index contributed by atoms with van der Waals surface area (Å²) in [5, 5.41) is 4.44. The van der Waals surface area contributed by atoms with Crippen molar-refractivity contribution in [2.75, 3.05) is 5.75 Å².